The van der Waals surface area contributed by atoms with E-state index in [1.54, 1.807) is 13.0 Å². The van der Waals surface area contributed by atoms with Crippen molar-refractivity contribution >= 4 is 11.9 Å². The summed E-state index contributed by atoms with van der Waals surface area (Å²) in [6.45, 7) is 2.07. The lowest BCUT2D eigenvalue weighted by molar-refractivity contribution is -0.141. The highest BCUT2D eigenvalue weighted by atomic mass is 19.1. The molecule has 1 aromatic carbocycles. The number of hydrogen-bond donors (Lipinski definition) is 2. The number of halogens is 1. The van der Waals surface area contributed by atoms with Crippen molar-refractivity contribution in [3.63, 3.8) is 0 Å². The summed E-state index contributed by atoms with van der Waals surface area (Å²) in [5.74, 6) is -1.91. The number of nitrogens with one attached hydrogen (secondary N) is 1. The van der Waals surface area contributed by atoms with Crippen molar-refractivity contribution in [3.05, 3.63) is 35.1 Å². The molecule has 1 fully saturated rings. The molecule has 1 amide bonds. The van der Waals surface area contributed by atoms with Crippen LogP contribution < -0.4 is 5.32 Å². The van der Waals surface area contributed by atoms with Gasteiger partial charge in [-0.2, -0.15) is 0 Å². The summed E-state index contributed by atoms with van der Waals surface area (Å²) in [7, 11) is 0. The summed E-state index contributed by atoms with van der Waals surface area (Å²) in [4.78, 5) is 22.8. The Balaban J connectivity index is 2.01. The maximum Gasteiger partial charge on any atom is 0.303 e. The molecule has 0 saturated heterocycles. The van der Waals surface area contributed by atoms with Crippen molar-refractivity contribution in [2.24, 2.45) is 5.41 Å². The predicted molar refractivity (Wildman–Crippen MR) is 72.0 cm³/mol. The van der Waals surface area contributed by atoms with E-state index in [0.29, 0.717) is 0 Å². The number of hydrogen-bond acceptors (Lipinski definition) is 2. The van der Waals surface area contributed by atoms with Crippen LogP contribution in [0, 0.1) is 18.2 Å². The largest absolute Gasteiger partial charge is 0.481 e. The van der Waals surface area contributed by atoms with Crippen LogP contribution in [-0.2, 0) is 4.79 Å². The Bertz CT molecular complexity index is 538. The Morgan fingerprint density at radius 2 is 2.10 bits per heavy atom. The Hall–Kier alpha value is -1.91. The Kier molecular flexibility index (Phi) is 4.06. The number of amides is 1. The van der Waals surface area contributed by atoms with Gasteiger partial charge in [-0.3, -0.25) is 9.59 Å². The smallest absolute Gasteiger partial charge is 0.303 e. The summed E-state index contributed by atoms with van der Waals surface area (Å²) in [5.41, 5.74) is 0.456. The number of carbonyl (C=O) groups is 2. The van der Waals surface area contributed by atoms with Gasteiger partial charge in [-0.15, -0.1) is 0 Å². The topological polar surface area (TPSA) is 66.4 Å². The highest BCUT2D eigenvalue weighted by Crippen LogP contribution is 2.43. The zero-order valence-corrected chi connectivity index (χ0v) is 11.4. The van der Waals surface area contributed by atoms with Gasteiger partial charge in [0.1, 0.15) is 5.82 Å². The van der Waals surface area contributed by atoms with Gasteiger partial charge in [-0.25, -0.2) is 4.39 Å². The fourth-order valence-corrected chi connectivity index (χ4v) is 2.59. The lowest BCUT2D eigenvalue weighted by Gasteiger charge is -2.40. The SMILES string of the molecule is Cc1ccc(F)c(C(=O)NCC2(CC(=O)O)CCC2)c1. The molecule has 0 heterocycles. The van der Waals surface area contributed by atoms with Gasteiger partial charge in [-0.1, -0.05) is 18.1 Å². The molecule has 2 N–H and O–H groups in total. The van der Waals surface area contributed by atoms with Crippen molar-refractivity contribution in [2.45, 2.75) is 32.6 Å². The van der Waals surface area contributed by atoms with Crippen LogP contribution in [0.15, 0.2) is 18.2 Å². The maximum atomic E-state index is 13.6. The maximum absolute atomic E-state index is 13.6. The minimum absolute atomic E-state index is 0.00907. The summed E-state index contributed by atoms with van der Waals surface area (Å²) in [5, 5.41) is 11.6. The molecule has 0 aliphatic heterocycles. The first-order valence-corrected chi connectivity index (χ1v) is 6.68. The van der Waals surface area contributed by atoms with Crippen LogP contribution in [0.4, 0.5) is 4.39 Å². The Morgan fingerprint density at radius 3 is 2.65 bits per heavy atom. The molecule has 0 atom stereocenters. The minimum Gasteiger partial charge on any atom is -0.481 e. The number of aryl methyl sites for hydroxylation is 1. The zero-order chi connectivity index (χ0) is 14.8. The molecule has 20 heavy (non-hydrogen) atoms. The second-order valence-corrected chi connectivity index (χ2v) is 5.59. The van der Waals surface area contributed by atoms with E-state index in [2.05, 4.69) is 5.32 Å². The standard InChI is InChI=1S/C15H18FNO3/c1-10-3-4-12(16)11(7-10)14(20)17-9-15(5-2-6-15)8-13(18)19/h3-4,7H,2,5-6,8-9H2,1H3,(H,17,20)(H,18,19). The van der Waals surface area contributed by atoms with Gasteiger partial charge in [0.15, 0.2) is 0 Å². The lowest BCUT2D eigenvalue weighted by atomic mass is 9.66. The van der Waals surface area contributed by atoms with E-state index in [4.69, 9.17) is 5.11 Å². The van der Waals surface area contributed by atoms with E-state index in [1.165, 1.54) is 12.1 Å². The Labute approximate surface area is 117 Å². The summed E-state index contributed by atoms with van der Waals surface area (Å²) in [6, 6.07) is 4.36. The molecule has 0 spiro atoms. The van der Waals surface area contributed by atoms with Crippen molar-refractivity contribution < 1.29 is 19.1 Å². The normalized spacial score (nSPS) is 16.3. The number of carboxylic acid groups (broad SMARTS) is 1. The van der Waals surface area contributed by atoms with Crippen LogP contribution >= 0.6 is 0 Å². The van der Waals surface area contributed by atoms with Gasteiger partial charge in [0.05, 0.1) is 12.0 Å². The van der Waals surface area contributed by atoms with Gasteiger partial charge < -0.3 is 10.4 Å². The summed E-state index contributed by atoms with van der Waals surface area (Å²) < 4.78 is 13.6. The molecule has 5 heteroatoms. The van der Waals surface area contributed by atoms with Crippen molar-refractivity contribution in [1.29, 1.82) is 0 Å². The van der Waals surface area contributed by atoms with Crippen LogP contribution in [0.3, 0.4) is 0 Å². The van der Waals surface area contributed by atoms with E-state index in [9.17, 15) is 14.0 Å². The van der Waals surface area contributed by atoms with Gasteiger partial charge in [0, 0.05) is 6.54 Å². The van der Waals surface area contributed by atoms with E-state index >= 15 is 0 Å². The van der Waals surface area contributed by atoms with E-state index < -0.39 is 17.7 Å². The quantitative estimate of drug-likeness (QED) is 0.870. The number of carbonyl (C=O) groups excluding carboxylic acids is 1. The average Bonchev–Trinajstić information content (AvgIpc) is 2.34. The fraction of sp³-hybridized carbons (Fsp3) is 0.467. The first kappa shape index (κ1) is 14.5. The first-order chi connectivity index (χ1) is 9.42. The number of aliphatic carboxylic acids is 1. The molecule has 0 radical (unpaired) electrons. The predicted octanol–water partition coefficient (Wildman–Crippen LogP) is 2.51. The first-order valence-electron chi connectivity index (χ1n) is 6.68. The van der Waals surface area contributed by atoms with E-state index in [0.717, 1.165) is 24.8 Å². The molecular formula is C15H18FNO3. The fourth-order valence-electron chi connectivity index (χ4n) is 2.59. The number of rotatable bonds is 5. The van der Waals surface area contributed by atoms with Crippen molar-refractivity contribution in [1.82, 2.24) is 5.32 Å². The Morgan fingerprint density at radius 1 is 1.40 bits per heavy atom. The van der Waals surface area contributed by atoms with Gasteiger partial charge in [0.25, 0.3) is 5.91 Å². The van der Waals surface area contributed by atoms with Crippen LogP contribution in [0.2, 0.25) is 0 Å². The van der Waals surface area contributed by atoms with Crippen LogP contribution in [-0.4, -0.2) is 23.5 Å². The van der Waals surface area contributed by atoms with Gasteiger partial charge in [0.2, 0.25) is 0 Å². The number of carboxylic acids is 1. The van der Waals surface area contributed by atoms with Crippen molar-refractivity contribution in [3.8, 4) is 0 Å². The second kappa shape index (κ2) is 5.61. The molecule has 1 saturated carbocycles. The molecule has 2 rings (SSSR count). The molecule has 108 valence electrons. The average molecular weight is 279 g/mol. The van der Waals surface area contributed by atoms with E-state index in [-0.39, 0.29) is 23.9 Å². The third-order valence-electron chi connectivity index (χ3n) is 3.93. The summed E-state index contributed by atoms with van der Waals surface area (Å²) in [6.07, 6.45) is 2.59. The van der Waals surface area contributed by atoms with Gasteiger partial charge >= 0.3 is 5.97 Å². The molecular weight excluding hydrogens is 261 g/mol. The monoisotopic (exact) mass is 279 g/mol. The van der Waals surface area contributed by atoms with Crippen LogP contribution in [0.5, 0.6) is 0 Å². The highest BCUT2D eigenvalue weighted by molar-refractivity contribution is 5.94. The zero-order valence-electron chi connectivity index (χ0n) is 11.4. The lowest BCUT2D eigenvalue weighted by Crippen LogP contribution is -2.43. The summed E-state index contributed by atoms with van der Waals surface area (Å²) >= 11 is 0. The molecule has 1 aliphatic rings. The number of benzene rings is 1. The second-order valence-electron chi connectivity index (χ2n) is 5.59. The molecule has 0 bridgehead atoms. The molecule has 1 aliphatic carbocycles. The molecule has 1 aromatic rings. The van der Waals surface area contributed by atoms with E-state index in [1.807, 2.05) is 0 Å². The van der Waals surface area contributed by atoms with Crippen LogP contribution in [0.25, 0.3) is 0 Å². The third-order valence-corrected chi connectivity index (χ3v) is 3.93. The molecule has 0 unspecified atom stereocenters. The van der Waals surface area contributed by atoms with Crippen molar-refractivity contribution in [2.75, 3.05) is 6.54 Å². The third kappa shape index (κ3) is 3.15. The minimum atomic E-state index is -0.860. The van der Waals surface area contributed by atoms with Gasteiger partial charge in [-0.05, 0) is 37.3 Å². The molecule has 4 nitrogen and oxygen atoms in total. The van der Waals surface area contributed by atoms with Crippen LogP contribution in [0.1, 0.15) is 41.6 Å². The highest BCUT2D eigenvalue weighted by Gasteiger charge is 2.39. The molecule has 0 aromatic heterocycles.